The highest BCUT2D eigenvalue weighted by Gasteiger charge is 2.36. The molecule has 0 N–H and O–H groups in total. The van der Waals surface area contributed by atoms with Gasteiger partial charge in [0, 0.05) is 13.1 Å². The van der Waals surface area contributed by atoms with Crippen molar-refractivity contribution in [2.75, 3.05) is 6.54 Å². The number of aromatic nitrogens is 1. The van der Waals surface area contributed by atoms with Crippen LogP contribution >= 0.6 is 11.3 Å². The Hall–Kier alpha value is -1.47. The maximum absolute atomic E-state index is 12.9. The third-order valence-corrected chi connectivity index (χ3v) is 3.95. The number of halogens is 4. The highest BCUT2D eigenvalue weighted by Crippen LogP contribution is 2.33. The first-order chi connectivity index (χ1) is 10.4. The van der Waals surface area contributed by atoms with E-state index in [4.69, 9.17) is 0 Å². The Morgan fingerprint density at radius 2 is 1.82 bits per heavy atom. The molecule has 0 aliphatic carbocycles. The van der Waals surface area contributed by atoms with Gasteiger partial charge in [0.25, 0.3) is 0 Å². The van der Waals surface area contributed by atoms with Crippen LogP contribution in [0.25, 0.3) is 0 Å². The molecule has 0 spiro atoms. The normalized spacial score (nSPS) is 12.1. The van der Waals surface area contributed by atoms with Crippen LogP contribution in [0.4, 0.5) is 17.6 Å². The molecule has 1 aromatic carbocycles. The van der Waals surface area contributed by atoms with Gasteiger partial charge < -0.3 is 0 Å². The lowest BCUT2D eigenvalue weighted by Gasteiger charge is -2.21. The van der Waals surface area contributed by atoms with Crippen LogP contribution in [0.2, 0.25) is 0 Å². The lowest BCUT2D eigenvalue weighted by molar-refractivity contribution is -0.141. The van der Waals surface area contributed by atoms with Crippen molar-refractivity contribution in [3.63, 3.8) is 0 Å². The second kappa shape index (κ2) is 7.19. The summed E-state index contributed by atoms with van der Waals surface area (Å²) >= 11 is 1.01. The maximum Gasteiger partial charge on any atom is 0.434 e. The number of thiazole rings is 1. The number of nitrogens with zero attached hydrogens (tertiary/aromatic N) is 2. The highest BCUT2D eigenvalue weighted by atomic mass is 32.1. The van der Waals surface area contributed by atoms with Crippen LogP contribution in [0, 0.1) is 5.82 Å². The van der Waals surface area contributed by atoms with Gasteiger partial charge in [-0.15, -0.1) is 11.3 Å². The molecular weight excluding hydrogens is 316 g/mol. The largest absolute Gasteiger partial charge is 0.434 e. The summed E-state index contributed by atoms with van der Waals surface area (Å²) in [5.74, 6) is -0.326. The molecule has 0 unspecified atom stereocenters. The summed E-state index contributed by atoms with van der Waals surface area (Å²) in [6, 6.07) is 6.01. The molecule has 1 aromatic heterocycles. The monoisotopic (exact) mass is 332 g/mol. The van der Waals surface area contributed by atoms with Crippen molar-refractivity contribution in [2.24, 2.45) is 0 Å². The Labute approximate surface area is 130 Å². The lowest BCUT2D eigenvalue weighted by Crippen LogP contribution is -2.24. The minimum atomic E-state index is -4.43. The maximum atomic E-state index is 12.9. The van der Waals surface area contributed by atoms with Gasteiger partial charge in [-0.2, -0.15) is 13.2 Å². The van der Waals surface area contributed by atoms with Gasteiger partial charge in [-0.3, -0.25) is 4.90 Å². The van der Waals surface area contributed by atoms with E-state index < -0.39 is 11.9 Å². The van der Waals surface area contributed by atoms with Gasteiger partial charge in [0.1, 0.15) is 5.82 Å². The molecule has 1 heterocycles. The van der Waals surface area contributed by atoms with E-state index in [0.717, 1.165) is 23.3 Å². The Morgan fingerprint density at radius 1 is 1.14 bits per heavy atom. The molecule has 2 nitrogen and oxygen atoms in total. The highest BCUT2D eigenvalue weighted by molar-refractivity contribution is 7.09. The predicted molar refractivity (Wildman–Crippen MR) is 77.9 cm³/mol. The van der Waals surface area contributed by atoms with Crippen molar-refractivity contribution >= 4 is 11.3 Å². The van der Waals surface area contributed by atoms with Gasteiger partial charge in [-0.1, -0.05) is 19.1 Å². The van der Waals surface area contributed by atoms with Crippen LogP contribution in [0.15, 0.2) is 29.8 Å². The second-order valence-electron chi connectivity index (χ2n) is 4.96. The Balaban J connectivity index is 2.12. The fourth-order valence-electron chi connectivity index (χ4n) is 2.20. The average Bonchev–Trinajstić information content (AvgIpc) is 2.90. The van der Waals surface area contributed by atoms with Gasteiger partial charge in [0.2, 0.25) is 0 Å². The molecule has 0 aliphatic rings. The number of hydrogen-bond donors (Lipinski definition) is 0. The van der Waals surface area contributed by atoms with Crippen LogP contribution < -0.4 is 0 Å². The number of hydrogen-bond acceptors (Lipinski definition) is 3. The molecule has 2 aromatic rings. The molecule has 120 valence electrons. The second-order valence-corrected chi connectivity index (χ2v) is 5.90. The van der Waals surface area contributed by atoms with E-state index in [-0.39, 0.29) is 17.2 Å². The minimum absolute atomic E-state index is 0.185. The molecule has 2 rings (SSSR count). The van der Waals surface area contributed by atoms with E-state index in [9.17, 15) is 17.6 Å². The number of rotatable bonds is 6. The van der Waals surface area contributed by atoms with E-state index >= 15 is 0 Å². The smallest absolute Gasteiger partial charge is 0.294 e. The van der Waals surface area contributed by atoms with Gasteiger partial charge in [-0.05, 0) is 30.7 Å². The van der Waals surface area contributed by atoms with Crippen molar-refractivity contribution in [1.29, 1.82) is 0 Å². The number of benzene rings is 1. The van der Waals surface area contributed by atoms with Crippen LogP contribution in [0.1, 0.15) is 29.5 Å². The fourth-order valence-corrected chi connectivity index (χ4v) is 3.02. The zero-order valence-corrected chi connectivity index (χ0v) is 12.8. The summed E-state index contributed by atoms with van der Waals surface area (Å²) in [5, 5.41) is 0. The molecule has 0 saturated heterocycles. The van der Waals surface area contributed by atoms with E-state index in [1.54, 1.807) is 12.1 Å². The summed E-state index contributed by atoms with van der Waals surface area (Å²) in [7, 11) is 0. The molecule has 22 heavy (non-hydrogen) atoms. The van der Waals surface area contributed by atoms with Crippen molar-refractivity contribution < 1.29 is 17.6 Å². The van der Waals surface area contributed by atoms with Crippen molar-refractivity contribution in [3.8, 4) is 0 Å². The standard InChI is InChI=1S/C15H16F4N2S/c1-2-7-21(8-11-3-5-12(16)6-4-11)9-13-14(15(17,18)19)20-10-22-13/h3-6,10H,2,7-9H2,1H3. The van der Waals surface area contributed by atoms with E-state index in [0.29, 0.717) is 13.1 Å². The van der Waals surface area contributed by atoms with Crippen LogP contribution in [0.5, 0.6) is 0 Å². The topological polar surface area (TPSA) is 16.1 Å². The van der Waals surface area contributed by atoms with E-state index in [2.05, 4.69) is 4.98 Å². The third kappa shape index (κ3) is 4.51. The minimum Gasteiger partial charge on any atom is -0.294 e. The van der Waals surface area contributed by atoms with Crippen molar-refractivity contribution in [1.82, 2.24) is 9.88 Å². The molecule has 7 heteroatoms. The van der Waals surface area contributed by atoms with Crippen LogP contribution in [0.3, 0.4) is 0 Å². The first-order valence-electron chi connectivity index (χ1n) is 6.86. The number of alkyl halides is 3. The molecule has 0 fully saturated rings. The Bertz CT molecular complexity index is 592. The molecule has 0 amide bonds. The third-order valence-electron chi connectivity index (χ3n) is 3.14. The average molecular weight is 332 g/mol. The molecule has 0 radical (unpaired) electrons. The van der Waals surface area contributed by atoms with E-state index in [1.807, 2.05) is 11.8 Å². The zero-order valence-electron chi connectivity index (χ0n) is 12.0. The van der Waals surface area contributed by atoms with Gasteiger partial charge >= 0.3 is 6.18 Å². The predicted octanol–water partition coefficient (Wildman–Crippen LogP) is 4.71. The van der Waals surface area contributed by atoms with Crippen molar-refractivity contribution in [3.05, 3.63) is 51.7 Å². The Kier molecular flexibility index (Phi) is 5.52. The van der Waals surface area contributed by atoms with Crippen molar-refractivity contribution in [2.45, 2.75) is 32.6 Å². The summed E-state index contributed by atoms with van der Waals surface area (Å²) < 4.78 is 51.5. The Morgan fingerprint density at radius 3 is 2.41 bits per heavy atom. The SMILES string of the molecule is CCCN(Cc1ccc(F)cc1)Cc1scnc1C(F)(F)F. The van der Waals surface area contributed by atoms with Gasteiger partial charge in [-0.25, -0.2) is 9.37 Å². The van der Waals surface area contributed by atoms with Gasteiger partial charge in [0.15, 0.2) is 5.69 Å². The molecule has 0 saturated carbocycles. The molecular formula is C15H16F4N2S. The van der Waals surface area contributed by atoms with E-state index in [1.165, 1.54) is 17.6 Å². The lowest BCUT2D eigenvalue weighted by atomic mass is 10.2. The summed E-state index contributed by atoms with van der Waals surface area (Å²) in [5.41, 5.74) is 1.28. The van der Waals surface area contributed by atoms with Gasteiger partial charge in [0.05, 0.1) is 10.4 Å². The fraction of sp³-hybridized carbons (Fsp3) is 0.400. The quantitative estimate of drug-likeness (QED) is 0.712. The summed E-state index contributed by atoms with van der Waals surface area (Å²) in [4.78, 5) is 5.56. The van der Waals surface area contributed by atoms with Crippen LogP contribution in [-0.2, 0) is 19.3 Å². The first kappa shape index (κ1) is 16.9. The summed E-state index contributed by atoms with van der Waals surface area (Å²) in [6.07, 6.45) is -3.61. The molecule has 0 atom stereocenters. The zero-order chi connectivity index (χ0) is 16.2. The molecule has 0 bridgehead atoms. The molecule has 0 aliphatic heterocycles. The van der Waals surface area contributed by atoms with Crippen LogP contribution in [-0.4, -0.2) is 16.4 Å². The summed E-state index contributed by atoms with van der Waals surface area (Å²) in [6.45, 7) is 3.29. The first-order valence-corrected chi connectivity index (χ1v) is 7.74.